The smallest absolute Gasteiger partial charge is 0.141 e. The molecule has 0 saturated carbocycles. The zero-order valence-corrected chi connectivity index (χ0v) is 10.1. The third-order valence-electron chi connectivity index (χ3n) is 3.18. The van der Waals surface area contributed by atoms with Gasteiger partial charge in [0.05, 0.1) is 0 Å². The van der Waals surface area contributed by atoms with E-state index in [1.54, 1.807) is 18.3 Å². The van der Waals surface area contributed by atoms with E-state index in [0.29, 0.717) is 5.69 Å². The second kappa shape index (κ2) is 4.15. The largest absolute Gasteiger partial charge is 0.506 e. The monoisotopic (exact) mass is 235 g/mol. The second-order valence-electron chi connectivity index (χ2n) is 4.35. The second-order valence-corrected chi connectivity index (χ2v) is 4.35. The molecule has 1 N–H and O–H groups in total. The van der Waals surface area contributed by atoms with Crippen LogP contribution in [0.2, 0.25) is 0 Å². The molecule has 0 aliphatic carbocycles. The average Bonchev–Trinajstić information content (AvgIpc) is 2.41. The molecule has 3 rings (SSSR count). The number of nitrogens with zero attached hydrogens (tertiary/aromatic N) is 1. The Morgan fingerprint density at radius 2 is 1.67 bits per heavy atom. The van der Waals surface area contributed by atoms with Crippen LogP contribution >= 0.6 is 0 Å². The van der Waals surface area contributed by atoms with Gasteiger partial charge in [-0.1, -0.05) is 36.4 Å². The number of rotatable bonds is 1. The fraction of sp³-hybridized carbons (Fsp3) is 0.0625. The molecule has 0 atom stereocenters. The van der Waals surface area contributed by atoms with Gasteiger partial charge in [-0.2, -0.15) is 0 Å². The van der Waals surface area contributed by atoms with Gasteiger partial charge in [-0.15, -0.1) is 0 Å². The lowest BCUT2D eigenvalue weighted by Gasteiger charge is -2.09. The summed E-state index contributed by atoms with van der Waals surface area (Å²) in [6.07, 6.45) is 1.70. The number of aromatic hydroxyl groups is 1. The van der Waals surface area contributed by atoms with E-state index < -0.39 is 0 Å². The van der Waals surface area contributed by atoms with E-state index in [4.69, 9.17) is 0 Å². The molecule has 1 aromatic heterocycles. The summed E-state index contributed by atoms with van der Waals surface area (Å²) >= 11 is 0. The number of hydrogen-bond acceptors (Lipinski definition) is 2. The van der Waals surface area contributed by atoms with E-state index in [2.05, 4.69) is 30.1 Å². The summed E-state index contributed by atoms with van der Waals surface area (Å²) in [6, 6.07) is 15.7. The molecule has 0 bridgehead atoms. The Hall–Kier alpha value is -2.35. The highest BCUT2D eigenvalue weighted by molar-refractivity contribution is 5.98. The standard InChI is InChI=1S/C16H13NO/c1-11-8-9-14(13-6-3-2-5-12(11)13)16-15(18)7-4-10-17-16/h2-10,18H,1H3. The lowest BCUT2D eigenvalue weighted by Crippen LogP contribution is -1.87. The van der Waals surface area contributed by atoms with Crippen LogP contribution in [0.4, 0.5) is 0 Å². The van der Waals surface area contributed by atoms with Crippen LogP contribution in [0, 0.1) is 6.92 Å². The summed E-state index contributed by atoms with van der Waals surface area (Å²) in [7, 11) is 0. The first-order chi connectivity index (χ1) is 8.77. The third kappa shape index (κ3) is 1.63. The van der Waals surface area contributed by atoms with Gasteiger partial charge in [-0.05, 0) is 35.4 Å². The number of benzene rings is 2. The highest BCUT2D eigenvalue weighted by Gasteiger charge is 2.09. The first kappa shape index (κ1) is 10.8. The quantitative estimate of drug-likeness (QED) is 0.693. The molecule has 0 aliphatic heterocycles. The first-order valence-corrected chi connectivity index (χ1v) is 5.90. The van der Waals surface area contributed by atoms with Crippen molar-refractivity contribution >= 4 is 10.8 Å². The molecule has 2 heteroatoms. The SMILES string of the molecule is Cc1ccc(-c2ncccc2O)c2ccccc12. The van der Waals surface area contributed by atoms with E-state index in [9.17, 15) is 5.11 Å². The minimum Gasteiger partial charge on any atom is -0.506 e. The van der Waals surface area contributed by atoms with Crippen molar-refractivity contribution in [2.45, 2.75) is 6.92 Å². The maximum atomic E-state index is 9.93. The highest BCUT2D eigenvalue weighted by atomic mass is 16.3. The Balaban J connectivity index is 2.38. The molecular formula is C16H13NO. The molecule has 2 nitrogen and oxygen atoms in total. The summed E-state index contributed by atoms with van der Waals surface area (Å²) in [5, 5.41) is 12.2. The van der Waals surface area contributed by atoms with E-state index in [0.717, 1.165) is 10.9 Å². The van der Waals surface area contributed by atoms with Gasteiger partial charge in [-0.3, -0.25) is 4.98 Å². The van der Waals surface area contributed by atoms with Crippen molar-refractivity contribution in [3.63, 3.8) is 0 Å². The minimum atomic E-state index is 0.214. The number of fused-ring (bicyclic) bond motifs is 1. The van der Waals surface area contributed by atoms with Crippen molar-refractivity contribution < 1.29 is 5.11 Å². The van der Waals surface area contributed by atoms with Gasteiger partial charge < -0.3 is 5.11 Å². The average molecular weight is 235 g/mol. The fourth-order valence-electron chi connectivity index (χ4n) is 2.26. The zero-order valence-electron chi connectivity index (χ0n) is 10.1. The molecule has 1 heterocycles. The minimum absolute atomic E-state index is 0.214. The lowest BCUT2D eigenvalue weighted by atomic mass is 9.98. The van der Waals surface area contributed by atoms with Crippen LogP contribution < -0.4 is 0 Å². The van der Waals surface area contributed by atoms with E-state index >= 15 is 0 Å². The van der Waals surface area contributed by atoms with Crippen LogP contribution in [0.1, 0.15) is 5.56 Å². The Morgan fingerprint density at radius 3 is 2.44 bits per heavy atom. The zero-order chi connectivity index (χ0) is 12.5. The molecule has 18 heavy (non-hydrogen) atoms. The van der Waals surface area contributed by atoms with Crippen LogP contribution in [-0.4, -0.2) is 10.1 Å². The Kier molecular flexibility index (Phi) is 2.49. The van der Waals surface area contributed by atoms with Crippen molar-refractivity contribution in [1.82, 2.24) is 4.98 Å². The predicted molar refractivity (Wildman–Crippen MR) is 73.6 cm³/mol. The summed E-state index contributed by atoms with van der Waals surface area (Å²) in [5.74, 6) is 0.214. The van der Waals surface area contributed by atoms with Crippen molar-refractivity contribution in [3.05, 3.63) is 60.3 Å². The molecule has 0 radical (unpaired) electrons. The lowest BCUT2D eigenvalue weighted by molar-refractivity contribution is 0.475. The molecule has 0 amide bonds. The van der Waals surface area contributed by atoms with Gasteiger partial charge in [0, 0.05) is 11.8 Å². The highest BCUT2D eigenvalue weighted by Crippen LogP contribution is 2.33. The summed E-state index contributed by atoms with van der Waals surface area (Å²) in [5.41, 5.74) is 2.83. The van der Waals surface area contributed by atoms with Crippen LogP contribution in [-0.2, 0) is 0 Å². The van der Waals surface area contributed by atoms with Crippen molar-refractivity contribution in [2.24, 2.45) is 0 Å². The molecular weight excluding hydrogens is 222 g/mol. The number of pyridine rings is 1. The number of aryl methyl sites for hydroxylation is 1. The van der Waals surface area contributed by atoms with E-state index in [-0.39, 0.29) is 5.75 Å². The number of hydrogen-bond donors (Lipinski definition) is 1. The maximum absolute atomic E-state index is 9.93. The van der Waals surface area contributed by atoms with Gasteiger partial charge in [0.15, 0.2) is 0 Å². The number of aromatic nitrogens is 1. The molecule has 0 aliphatic rings. The Bertz CT molecular complexity index is 719. The molecule has 2 aromatic carbocycles. The van der Waals surface area contributed by atoms with Crippen LogP contribution in [0.25, 0.3) is 22.0 Å². The van der Waals surface area contributed by atoms with Crippen molar-refractivity contribution in [2.75, 3.05) is 0 Å². The van der Waals surface area contributed by atoms with Crippen LogP contribution in [0.5, 0.6) is 5.75 Å². The fourth-order valence-corrected chi connectivity index (χ4v) is 2.26. The third-order valence-corrected chi connectivity index (χ3v) is 3.18. The van der Waals surface area contributed by atoms with Crippen LogP contribution in [0.15, 0.2) is 54.7 Å². The first-order valence-electron chi connectivity index (χ1n) is 5.90. The Morgan fingerprint density at radius 1 is 0.889 bits per heavy atom. The molecule has 3 aromatic rings. The predicted octanol–water partition coefficient (Wildman–Crippen LogP) is 3.92. The molecule has 0 spiro atoms. The summed E-state index contributed by atoms with van der Waals surface area (Å²) < 4.78 is 0. The summed E-state index contributed by atoms with van der Waals surface area (Å²) in [4.78, 5) is 4.28. The molecule has 0 fully saturated rings. The van der Waals surface area contributed by atoms with Crippen molar-refractivity contribution in [1.29, 1.82) is 0 Å². The molecule has 0 saturated heterocycles. The van der Waals surface area contributed by atoms with E-state index in [1.165, 1.54) is 10.9 Å². The van der Waals surface area contributed by atoms with Gasteiger partial charge in [0.25, 0.3) is 0 Å². The van der Waals surface area contributed by atoms with Crippen LogP contribution in [0.3, 0.4) is 0 Å². The summed E-state index contributed by atoms with van der Waals surface area (Å²) in [6.45, 7) is 2.09. The Labute approximate surface area is 106 Å². The topological polar surface area (TPSA) is 33.1 Å². The van der Waals surface area contributed by atoms with E-state index in [1.807, 2.05) is 18.2 Å². The molecule has 0 unspecified atom stereocenters. The maximum Gasteiger partial charge on any atom is 0.141 e. The van der Waals surface area contributed by atoms with Gasteiger partial charge in [0.1, 0.15) is 11.4 Å². The van der Waals surface area contributed by atoms with Gasteiger partial charge in [0.2, 0.25) is 0 Å². The normalized spacial score (nSPS) is 10.7. The van der Waals surface area contributed by atoms with Crippen molar-refractivity contribution in [3.8, 4) is 17.0 Å². The molecule has 88 valence electrons. The van der Waals surface area contributed by atoms with Gasteiger partial charge >= 0.3 is 0 Å². The van der Waals surface area contributed by atoms with Gasteiger partial charge in [-0.25, -0.2) is 0 Å².